The van der Waals surface area contributed by atoms with E-state index < -0.39 is 17.4 Å². The second kappa shape index (κ2) is 5.35. The molecule has 0 atom stereocenters. The molecular weight excluding hydrogens is 314 g/mol. The Bertz CT molecular complexity index is 669. The van der Waals surface area contributed by atoms with E-state index in [0.29, 0.717) is 10.6 Å². The van der Waals surface area contributed by atoms with Crippen LogP contribution in [0.25, 0.3) is 0 Å². The summed E-state index contributed by atoms with van der Waals surface area (Å²) in [5, 5.41) is 12.3. The van der Waals surface area contributed by atoms with Crippen molar-refractivity contribution < 1.29 is 13.2 Å². The van der Waals surface area contributed by atoms with E-state index in [1.54, 1.807) is 24.3 Å². The number of alkyl halides is 3. The van der Waals surface area contributed by atoms with E-state index in [9.17, 15) is 13.2 Å². The Morgan fingerprint density at radius 1 is 1.20 bits per heavy atom. The fourth-order valence-electron chi connectivity index (χ4n) is 1.61. The summed E-state index contributed by atoms with van der Waals surface area (Å²) in [4.78, 5) is 0. The minimum absolute atomic E-state index is 0.0146. The molecule has 0 spiro atoms. The molecule has 1 heterocycles. The monoisotopic (exact) mass is 319 g/mol. The van der Waals surface area contributed by atoms with Gasteiger partial charge in [-0.3, -0.25) is 0 Å². The zero-order chi connectivity index (χ0) is 14.9. The first kappa shape index (κ1) is 14.7. The molecular formula is C12H6Cl2F3N3. The van der Waals surface area contributed by atoms with Crippen LogP contribution in [0, 0.1) is 11.3 Å². The van der Waals surface area contributed by atoms with Crippen LogP contribution >= 0.6 is 23.2 Å². The van der Waals surface area contributed by atoms with Crippen molar-refractivity contribution in [3.8, 4) is 6.07 Å². The third-order valence-corrected chi connectivity index (χ3v) is 3.15. The van der Waals surface area contributed by atoms with Gasteiger partial charge in [-0.15, -0.1) is 0 Å². The zero-order valence-electron chi connectivity index (χ0n) is 9.75. The molecule has 0 radical (unpaired) electrons. The average molecular weight is 320 g/mol. The minimum atomic E-state index is -4.72. The lowest BCUT2D eigenvalue weighted by atomic mass is 10.2. The van der Waals surface area contributed by atoms with Gasteiger partial charge in [-0.2, -0.15) is 23.5 Å². The highest BCUT2D eigenvalue weighted by Gasteiger charge is 2.39. The van der Waals surface area contributed by atoms with Crippen molar-refractivity contribution in [2.45, 2.75) is 12.7 Å². The lowest BCUT2D eigenvalue weighted by Gasteiger charge is -2.04. The first-order valence-electron chi connectivity index (χ1n) is 5.31. The molecule has 1 aromatic carbocycles. The Kier molecular flexibility index (Phi) is 3.93. The summed E-state index contributed by atoms with van der Waals surface area (Å²) in [6.45, 7) is 0.0146. The summed E-state index contributed by atoms with van der Waals surface area (Å²) < 4.78 is 39.1. The molecule has 1 aromatic heterocycles. The van der Waals surface area contributed by atoms with Crippen molar-refractivity contribution in [3.05, 3.63) is 51.3 Å². The minimum Gasteiger partial charge on any atom is -0.248 e. The first-order chi connectivity index (χ1) is 9.32. The summed E-state index contributed by atoms with van der Waals surface area (Å²) in [5.41, 5.74) is -1.29. The highest BCUT2D eigenvalue weighted by atomic mass is 35.5. The van der Waals surface area contributed by atoms with E-state index in [1.807, 2.05) is 0 Å². The van der Waals surface area contributed by atoms with E-state index in [4.69, 9.17) is 28.5 Å². The molecule has 104 valence electrons. The van der Waals surface area contributed by atoms with Crippen LogP contribution in [0.2, 0.25) is 10.2 Å². The molecule has 0 aliphatic heterocycles. The van der Waals surface area contributed by atoms with Crippen LogP contribution in [0.15, 0.2) is 24.3 Å². The summed E-state index contributed by atoms with van der Waals surface area (Å²) in [7, 11) is 0. The topological polar surface area (TPSA) is 41.6 Å². The highest BCUT2D eigenvalue weighted by molar-refractivity contribution is 6.31. The molecule has 3 nitrogen and oxygen atoms in total. The van der Waals surface area contributed by atoms with Crippen LogP contribution in [0.4, 0.5) is 13.2 Å². The largest absolute Gasteiger partial charge is 0.436 e. The lowest BCUT2D eigenvalue weighted by molar-refractivity contribution is -0.141. The van der Waals surface area contributed by atoms with Crippen molar-refractivity contribution in [2.75, 3.05) is 0 Å². The predicted molar refractivity (Wildman–Crippen MR) is 67.5 cm³/mol. The Morgan fingerprint density at radius 3 is 2.25 bits per heavy atom. The van der Waals surface area contributed by atoms with E-state index in [1.165, 1.54) is 6.07 Å². The van der Waals surface area contributed by atoms with Gasteiger partial charge in [-0.25, -0.2) is 4.68 Å². The summed E-state index contributed by atoms with van der Waals surface area (Å²) in [5.74, 6) is 0. The molecule has 0 fully saturated rings. The van der Waals surface area contributed by atoms with Crippen molar-refractivity contribution in [1.29, 1.82) is 5.26 Å². The molecule has 20 heavy (non-hydrogen) atoms. The van der Waals surface area contributed by atoms with Crippen LogP contribution < -0.4 is 0 Å². The molecule has 0 amide bonds. The molecule has 0 N–H and O–H groups in total. The number of rotatable bonds is 2. The summed E-state index contributed by atoms with van der Waals surface area (Å²) >= 11 is 11.5. The van der Waals surface area contributed by atoms with E-state index in [-0.39, 0.29) is 11.7 Å². The number of nitriles is 1. The number of aromatic nitrogens is 2. The van der Waals surface area contributed by atoms with Gasteiger partial charge in [-0.1, -0.05) is 35.3 Å². The van der Waals surface area contributed by atoms with Gasteiger partial charge >= 0.3 is 6.18 Å². The summed E-state index contributed by atoms with van der Waals surface area (Å²) in [6, 6.07) is 7.91. The highest BCUT2D eigenvalue weighted by Crippen LogP contribution is 2.34. The number of benzene rings is 1. The molecule has 8 heteroatoms. The Labute approximate surface area is 122 Å². The molecule has 2 rings (SSSR count). The summed E-state index contributed by atoms with van der Waals surface area (Å²) in [6.07, 6.45) is -4.72. The van der Waals surface area contributed by atoms with Crippen LogP contribution in [0.5, 0.6) is 0 Å². The first-order valence-corrected chi connectivity index (χ1v) is 6.06. The average Bonchev–Trinajstić information content (AvgIpc) is 2.69. The maximum Gasteiger partial charge on any atom is 0.436 e. The number of hydrogen-bond acceptors (Lipinski definition) is 2. The SMILES string of the molecule is N#Cc1c(C(F)(F)F)nn(Cc2ccc(Cl)cc2)c1Cl. The van der Waals surface area contributed by atoms with Crippen LogP contribution in [-0.4, -0.2) is 9.78 Å². The quantitative estimate of drug-likeness (QED) is 0.835. The van der Waals surface area contributed by atoms with Crippen LogP contribution in [0.1, 0.15) is 16.8 Å². The number of nitrogens with zero attached hydrogens (tertiary/aromatic N) is 3. The third-order valence-electron chi connectivity index (χ3n) is 2.52. The van der Waals surface area contributed by atoms with Crippen molar-refractivity contribution in [3.63, 3.8) is 0 Å². The van der Waals surface area contributed by atoms with Crippen LogP contribution in [-0.2, 0) is 12.7 Å². The van der Waals surface area contributed by atoms with Gasteiger partial charge in [0.1, 0.15) is 16.8 Å². The third kappa shape index (κ3) is 2.89. The molecule has 0 aliphatic rings. The van der Waals surface area contributed by atoms with Crippen molar-refractivity contribution >= 4 is 23.2 Å². The standard InChI is InChI=1S/C12H6Cl2F3N3/c13-8-3-1-7(2-4-8)6-20-11(14)9(5-18)10(19-20)12(15,16)17/h1-4H,6H2. The molecule has 2 aromatic rings. The fourth-order valence-corrected chi connectivity index (χ4v) is 1.96. The molecule has 0 bridgehead atoms. The van der Waals surface area contributed by atoms with Gasteiger partial charge < -0.3 is 0 Å². The molecule has 0 aliphatic carbocycles. The maximum atomic E-state index is 12.7. The van der Waals surface area contributed by atoms with Crippen molar-refractivity contribution in [1.82, 2.24) is 9.78 Å². The van der Waals surface area contributed by atoms with Gasteiger partial charge in [-0.05, 0) is 17.7 Å². The Balaban J connectivity index is 2.41. The Hall–Kier alpha value is -1.71. The fraction of sp³-hybridized carbons (Fsp3) is 0.167. The molecule has 0 unspecified atom stereocenters. The molecule has 0 saturated heterocycles. The van der Waals surface area contributed by atoms with Gasteiger partial charge in [0.2, 0.25) is 0 Å². The second-order valence-electron chi connectivity index (χ2n) is 3.91. The maximum absolute atomic E-state index is 12.7. The predicted octanol–water partition coefficient (Wildman–Crippen LogP) is 4.13. The smallest absolute Gasteiger partial charge is 0.248 e. The number of hydrogen-bond donors (Lipinski definition) is 0. The van der Waals surface area contributed by atoms with Gasteiger partial charge in [0.05, 0.1) is 6.54 Å². The van der Waals surface area contributed by atoms with E-state index in [0.717, 1.165) is 4.68 Å². The zero-order valence-corrected chi connectivity index (χ0v) is 11.3. The van der Waals surface area contributed by atoms with Gasteiger partial charge in [0.15, 0.2) is 5.69 Å². The van der Waals surface area contributed by atoms with E-state index >= 15 is 0 Å². The lowest BCUT2D eigenvalue weighted by Crippen LogP contribution is -2.09. The Morgan fingerprint density at radius 2 is 1.80 bits per heavy atom. The van der Waals surface area contributed by atoms with Crippen LogP contribution in [0.3, 0.4) is 0 Å². The van der Waals surface area contributed by atoms with Gasteiger partial charge in [0.25, 0.3) is 0 Å². The molecule has 0 saturated carbocycles. The van der Waals surface area contributed by atoms with Crippen molar-refractivity contribution in [2.24, 2.45) is 0 Å². The van der Waals surface area contributed by atoms with Gasteiger partial charge in [0, 0.05) is 5.02 Å². The number of halogens is 5. The van der Waals surface area contributed by atoms with E-state index in [2.05, 4.69) is 5.10 Å². The second-order valence-corrected chi connectivity index (χ2v) is 4.70. The normalized spacial score (nSPS) is 11.4.